The fourth-order valence-electron chi connectivity index (χ4n) is 4.29. The smallest absolute Gasteiger partial charge is 0.206 e. The van der Waals surface area contributed by atoms with Crippen LogP contribution in [-0.2, 0) is 10.3 Å². The lowest BCUT2D eigenvalue weighted by Crippen LogP contribution is -2.45. The van der Waals surface area contributed by atoms with E-state index in [9.17, 15) is 0 Å². The number of rotatable bonds is 7. The molecule has 28 heavy (non-hydrogen) atoms. The maximum Gasteiger partial charge on any atom is 0.206 e. The Morgan fingerprint density at radius 3 is 2.11 bits per heavy atom. The second kappa shape index (κ2) is 8.63. The minimum absolute atomic E-state index is 0.198. The van der Waals surface area contributed by atoms with Crippen molar-refractivity contribution in [1.29, 1.82) is 0 Å². The molecule has 6 nitrogen and oxygen atoms in total. The molecule has 0 bridgehead atoms. The summed E-state index contributed by atoms with van der Waals surface area (Å²) in [6, 6.07) is 20.8. The lowest BCUT2D eigenvalue weighted by molar-refractivity contribution is -0.138. The topological polar surface area (TPSA) is 75.7 Å². The SMILES string of the molecule is CCC(OC(c1ccccc1)c1ccccc1)(c1nn[nH]n1)C1CCNCC1. The zero-order valence-corrected chi connectivity index (χ0v) is 16.2. The zero-order valence-electron chi connectivity index (χ0n) is 16.2. The van der Waals surface area contributed by atoms with E-state index in [4.69, 9.17) is 4.74 Å². The number of tetrazole rings is 1. The van der Waals surface area contributed by atoms with Gasteiger partial charge in [-0.2, -0.15) is 5.21 Å². The highest BCUT2D eigenvalue weighted by atomic mass is 16.5. The molecular formula is C22H27N5O. The van der Waals surface area contributed by atoms with Crippen molar-refractivity contribution >= 4 is 0 Å². The minimum atomic E-state index is -0.592. The first kappa shape index (κ1) is 18.8. The third kappa shape index (κ3) is 3.70. The molecule has 0 aliphatic carbocycles. The fraction of sp³-hybridized carbons (Fsp3) is 0.409. The van der Waals surface area contributed by atoms with Crippen LogP contribution in [0.5, 0.6) is 0 Å². The van der Waals surface area contributed by atoms with Crippen molar-refractivity contribution in [3.63, 3.8) is 0 Å². The van der Waals surface area contributed by atoms with Crippen molar-refractivity contribution in [3.05, 3.63) is 77.6 Å². The molecule has 1 fully saturated rings. The molecule has 1 aliphatic rings. The Balaban J connectivity index is 1.78. The number of aromatic amines is 1. The Morgan fingerprint density at radius 2 is 1.61 bits per heavy atom. The van der Waals surface area contributed by atoms with E-state index in [0.717, 1.165) is 43.5 Å². The quantitative estimate of drug-likeness (QED) is 0.658. The molecule has 2 aromatic carbocycles. The highest BCUT2D eigenvalue weighted by Gasteiger charge is 2.46. The lowest BCUT2D eigenvalue weighted by Gasteiger charge is -2.42. The number of hydrogen-bond acceptors (Lipinski definition) is 5. The van der Waals surface area contributed by atoms with Crippen LogP contribution in [0.3, 0.4) is 0 Å². The van der Waals surface area contributed by atoms with E-state index < -0.39 is 5.60 Å². The van der Waals surface area contributed by atoms with Crippen molar-refractivity contribution in [2.45, 2.75) is 37.9 Å². The highest BCUT2D eigenvalue weighted by molar-refractivity contribution is 5.30. The molecule has 0 saturated carbocycles. The summed E-state index contributed by atoms with van der Waals surface area (Å²) < 4.78 is 7.03. The van der Waals surface area contributed by atoms with Gasteiger partial charge in [0.05, 0.1) is 0 Å². The number of benzene rings is 2. The Morgan fingerprint density at radius 1 is 1.00 bits per heavy atom. The van der Waals surface area contributed by atoms with Crippen molar-refractivity contribution in [2.75, 3.05) is 13.1 Å². The first-order valence-corrected chi connectivity index (χ1v) is 10.1. The first-order valence-electron chi connectivity index (χ1n) is 10.1. The number of ether oxygens (including phenoxy) is 1. The van der Waals surface area contributed by atoms with Crippen LogP contribution in [0.15, 0.2) is 60.7 Å². The molecular weight excluding hydrogens is 350 g/mol. The van der Waals surface area contributed by atoms with Gasteiger partial charge in [-0.1, -0.05) is 72.8 Å². The Kier molecular flexibility index (Phi) is 5.78. The molecule has 4 rings (SSSR count). The van der Waals surface area contributed by atoms with Gasteiger partial charge in [-0.3, -0.25) is 0 Å². The van der Waals surface area contributed by atoms with E-state index >= 15 is 0 Å². The lowest BCUT2D eigenvalue weighted by atomic mass is 9.77. The second-order valence-corrected chi connectivity index (χ2v) is 7.32. The van der Waals surface area contributed by atoms with Gasteiger partial charge in [-0.25, -0.2) is 0 Å². The molecule has 3 aromatic rings. The molecule has 0 spiro atoms. The van der Waals surface area contributed by atoms with Crippen LogP contribution in [0, 0.1) is 5.92 Å². The van der Waals surface area contributed by atoms with Gasteiger partial charge in [0.2, 0.25) is 5.82 Å². The van der Waals surface area contributed by atoms with Crippen molar-refractivity contribution in [3.8, 4) is 0 Å². The molecule has 1 aromatic heterocycles. The van der Waals surface area contributed by atoms with Crippen LogP contribution in [-0.4, -0.2) is 33.7 Å². The van der Waals surface area contributed by atoms with Crippen LogP contribution in [0.2, 0.25) is 0 Å². The van der Waals surface area contributed by atoms with Crippen LogP contribution < -0.4 is 5.32 Å². The summed E-state index contributed by atoms with van der Waals surface area (Å²) in [4.78, 5) is 0. The van der Waals surface area contributed by atoms with Crippen molar-refractivity contribution in [1.82, 2.24) is 25.9 Å². The molecule has 6 heteroatoms. The van der Waals surface area contributed by atoms with Gasteiger partial charge in [0, 0.05) is 0 Å². The molecule has 1 aliphatic heterocycles. The van der Waals surface area contributed by atoms with Crippen LogP contribution in [0.1, 0.15) is 49.2 Å². The van der Waals surface area contributed by atoms with Crippen molar-refractivity contribution in [2.24, 2.45) is 5.92 Å². The summed E-state index contributed by atoms with van der Waals surface area (Å²) in [6.45, 7) is 4.12. The molecule has 1 unspecified atom stereocenters. The molecule has 2 heterocycles. The molecule has 1 atom stereocenters. The van der Waals surface area contributed by atoms with Gasteiger partial charge in [-0.15, -0.1) is 10.2 Å². The van der Waals surface area contributed by atoms with Gasteiger partial charge < -0.3 is 10.1 Å². The van der Waals surface area contributed by atoms with E-state index in [1.54, 1.807) is 0 Å². The average Bonchev–Trinajstić information content (AvgIpc) is 3.32. The van der Waals surface area contributed by atoms with Gasteiger partial charge >= 0.3 is 0 Å². The Labute approximate surface area is 165 Å². The summed E-state index contributed by atoms with van der Waals surface area (Å²) in [5.41, 5.74) is 1.67. The summed E-state index contributed by atoms with van der Waals surface area (Å²) in [5.74, 6) is 0.977. The van der Waals surface area contributed by atoms with E-state index in [0.29, 0.717) is 11.7 Å². The predicted molar refractivity (Wildman–Crippen MR) is 108 cm³/mol. The zero-order chi connectivity index (χ0) is 19.2. The van der Waals surface area contributed by atoms with Crippen LogP contribution >= 0.6 is 0 Å². The molecule has 1 saturated heterocycles. The number of hydrogen-bond donors (Lipinski definition) is 2. The second-order valence-electron chi connectivity index (χ2n) is 7.32. The van der Waals surface area contributed by atoms with Crippen LogP contribution in [0.4, 0.5) is 0 Å². The standard InChI is InChI=1S/C22H27N5O/c1-2-22(21-24-26-27-25-21,19-13-15-23-16-14-19)28-20(17-9-5-3-6-10-17)18-11-7-4-8-12-18/h3-12,19-20,23H,2,13-16H2,1H3,(H,24,25,26,27). The molecule has 0 amide bonds. The Hall–Kier alpha value is -2.57. The number of aromatic nitrogens is 4. The highest BCUT2D eigenvalue weighted by Crippen LogP contribution is 2.44. The summed E-state index contributed by atoms with van der Waals surface area (Å²) in [7, 11) is 0. The van der Waals surface area contributed by atoms with E-state index in [-0.39, 0.29) is 6.10 Å². The van der Waals surface area contributed by atoms with Crippen molar-refractivity contribution < 1.29 is 4.74 Å². The monoisotopic (exact) mass is 377 g/mol. The Bertz CT molecular complexity index is 794. The summed E-state index contributed by atoms with van der Waals surface area (Å²) >= 11 is 0. The summed E-state index contributed by atoms with van der Waals surface area (Å²) in [6.07, 6.45) is 2.64. The third-order valence-electron chi connectivity index (χ3n) is 5.78. The van der Waals surface area contributed by atoms with Crippen LogP contribution in [0.25, 0.3) is 0 Å². The average molecular weight is 377 g/mol. The molecule has 2 N–H and O–H groups in total. The molecule has 146 valence electrons. The maximum absolute atomic E-state index is 7.03. The number of piperidine rings is 1. The van der Waals surface area contributed by atoms with E-state index in [1.807, 2.05) is 12.1 Å². The minimum Gasteiger partial charge on any atom is -0.354 e. The normalized spacial score (nSPS) is 17.5. The maximum atomic E-state index is 7.03. The first-order chi connectivity index (χ1) is 13.8. The van der Waals surface area contributed by atoms with Gasteiger partial charge in [-0.05, 0) is 49.4 Å². The summed E-state index contributed by atoms with van der Waals surface area (Å²) in [5, 5.41) is 18.7. The fourth-order valence-corrected chi connectivity index (χ4v) is 4.29. The third-order valence-corrected chi connectivity index (χ3v) is 5.78. The van der Waals surface area contributed by atoms with E-state index in [2.05, 4.69) is 81.4 Å². The number of nitrogens with one attached hydrogen (secondary N) is 2. The predicted octanol–water partition coefficient (Wildman–Crippen LogP) is 3.61. The number of H-pyrrole nitrogens is 1. The van der Waals surface area contributed by atoms with Gasteiger partial charge in [0.15, 0.2) is 0 Å². The van der Waals surface area contributed by atoms with Gasteiger partial charge in [0.25, 0.3) is 0 Å². The largest absolute Gasteiger partial charge is 0.354 e. The van der Waals surface area contributed by atoms with E-state index in [1.165, 1.54) is 0 Å². The number of nitrogens with zero attached hydrogens (tertiary/aromatic N) is 3. The van der Waals surface area contributed by atoms with Gasteiger partial charge in [0.1, 0.15) is 11.7 Å². The molecule has 0 radical (unpaired) electrons.